The molecule has 1 N–H and O–H groups in total. The third-order valence-electron chi connectivity index (χ3n) is 3.07. The summed E-state index contributed by atoms with van der Waals surface area (Å²) in [5.41, 5.74) is 0. The van der Waals surface area contributed by atoms with E-state index in [9.17, 15) is 9.59 Å². The van der Waals surface area contributed by atoms with E-state index in [1.807, 2.05) is 0 Å². The molecule has 0 radical (unpaired) electrons. The molecule has 5 heteroatoms. The number of hydrogen-bond donors (Lipinski definition) is 1. The van der Waals surface area contributed by atoms with Crippen LogP contribution in [0.1, 0.15) is 26.2 Å². The Hall–Kier alpha value is -1.10. The average Bonchev–Trinajstić information content (AvgIpc) is 2.30. The van der Waals surface area contributed by atoms with Gasteiger partial charge in [0.15, 0.2) is 0 Å². The first kappa shape index (κ1) is 13.0. The van der Waals surface area contributed by atoms with E-state index in [0.717, 1.165) is 12.8 Å². The molecule has 1 aliphatic rings. The topological polar surface area (TPSA) is 60.9 Å². The van der Waals surface area contributed by atoms with Gasteiger partial charge in [0.2, 0.25) is 11.8 Å². The van der Waals surface area contributed by atoms with Crippen molar-refractivity contribution in [3.05, 3.63) is 0 Å². The molecule has 92 valence electrons. The monoisotopic (exact) mass is 228 g/mol. The Balaban J connectivity index is 2.46. The summed E-state index contributed by atoms with van der Waals surface area (Å²) in [6.07, 6.45) is 2.44. The van der Waals surface area contributed by atoms with E-state index in [0.29, 0.717) is 13.0 Å². The summed E-state index contributed by atoms with van der Waals surface area (Å²) in [6, 6.07) is -0.201. The van der Waals surface area contributed by atoms with Crippen LogP contribution in [0.5, 0.6) is 0 Å². The van der Waals surface area contributed by atoms with Crippen molar-refractivity contribution in [2.75, 3.05) is 26.7 Å². The van der Waals surface area contributed by atoms with E-state index in [2.05, 4.69) is 0 Å². The predicted octanol–water partition coefficient (Wildman–Crippen LogP) is -0.162. The number of carbonyl (C=O) groups is 2. The average molecular weight is 228 g/mol. The van der Waals surface area contributed by atoms with Gasteiger partial charge < -0.3 is 14.9 Å². The fourth-order valence-corrected chi connectivity index (χ4v) is 1.67. The number of hydrogen-bond acceptors (Lipinski definition) is 3. The van der Waals surface area contributed by atoms with Crippen LogP contribution in [0.15, 0.2) is 0 Å². The zero-order valence-electron chi connectivity index (χ0n) is 9.98. The number of aliphatic hydroxyl groups is 1. The fraction of sp³-hybridized carbons (Fsp3) is 0.818. The number of likely N-dealkylation sites (N-methyl/N-ethyl adjacent to an activating group) is 1. The minimum Gasteiger partial charge on any atom is -0.394 e. The van der Waals surface area contributed by atoms with Crippen molar-refractivity contribution in [3.8, 4) is 0 Å². The van der Waals surface area contributed by atoms with Crippen LogP contribution >= 0.6 is 0 Å². The summed E-state index contributed by atoms with van der Waals surface area (Å²) in [4.78, 5) is 26.4. The maximum absolute atomic E-state index is 11.8. The van der Waals surface area contributed by atoms with Crippen LogP contribution in [0.2, 0.25) is 0 Å². The molecule has 2 amide bonds. The van der Waals surface area contributed by atoms with Gasteiger partial charge in [-0.1, -0.05) is 0 Å². The van der Waals surface area contributed by atoms with Crippen molar-refractivity contribution in [1.82, 2.24) is 9.80 Å². The molecular formula is C11H20N2O3. The molecule has 1 unspecified atom stereocenters. The van der Waals surface area contributed by atoms with E-state index in [1.54, 1.807) is 18.9 Å². The molecule has 0 bridgehead atoms. The Morgan fingerprint density at radius 1 is 1.56 bits per heavy atom. The predicted molar refractivity (Wildman–Crippen MR) is 59.7 cm³/mol. The standard InChI is InChI=1S/C11H20N2O3/c1-9(8-14)12(2)11(16)7-13-6-4-3-5-10(13)15/h9,14H,3-8H2,1-2H3. The molecular weight excluding hydrogens is 208 g/mol. The number of aliphatic hydroxyl groups excluding tert-OH is 1. The highest BCUT2D eigenvalue weighted by molar-refractivity contribution is 5.85. The third kappa shape index (κ3) is 3.20. The van der Waals surface area contributed by atoms with Gasteiger partial charge in [0.05, 0.1) is 19.2 Å². The smallest absolute Gasteiger partial charge is 0.242 e. The van der Waals surface area contributed by atoms with Crippen molar-refractivity contribution in [1.29, 1.82) is 0 Å². The van der Waals surface area contributed by atoms with Crippen molar-refractivity contribution in [2.45, 2.75) is 32.2 Å². The normalized spacial score (nSPS) is 18.4. The number of amides is 2. The molecule has 1 fully saturated rings. The zero-order valence-corrected chi connectivity index (χ0v) is 9.98. The number of piperidine rings is 1. The number of nitrogens with zero attached hydrogens (tertiary/aromatic N) is 2. The van der Waals surface area contributed by atoms with E-state index in [1.165, 1.54) is 4.90 Å². The lowest BCUT2D eigenvalue weighted by molar-refractivity contribution is -0.142. The second-order valence-corrected chi connectivity index (χ2v) is 4.31. The Morgan fingerprint density at radius 3 is 2.81 bits per heavy atom. The van der Waals surface area contributed by atoms with Gasteiger partial charge in [0.25, 0.3) is 0 Å². The van der Waals surface area contributed by atoms with E-state index >= 15 is 0 Å². The maximum Gasteiger partial charge on any atom is 0.242 e. The molecule has 16 heavy (non-hydrogen) atoms. The van der Waals surface area contributed by atoms with Crippen molar-refractivity contribution < 1.29 is 14.7 Å². The summed E-state index contributed by atoms with van der Waals surface area (Å²) >= 11 is 0. The molecule has 1 aliphatic heterocycles. The van der Waals surface area contributed by atoms with Gasteiger partial charge in [-0.25, -0.2) is 0 Å². The van der Waals surface area contributed by atoms with E-state index in [-0.39, 0.29) is 31.0 Å². The lowest BCUT2D eigenvalue weighted by Crippen LogP contribution is -2.46. The maximum atomic E-state index is 11.8. The van der Waals surface area contributed by atoms with Gasteiger partial charge in [-0.3, -0.25) is 9.59 Å². The fourth-order valence-electron chi connectivity index (χ4n) is 1.67. The SMILES string of the molecule is CC(CO)N(C)C(=O)CN1CCCCC1=O. The summed E-state index contributed by atoms with van der Waals surface area (Å²) in [6.45, 7) is 2.53. The lowest BCUT2D eigenvalue weighted by atomic mass is 10.1. The van der Waals surface area contributed by atoms with Crippen molar-refractivity contribution in [3.63, 3.8) is 0 Å². The van der Waals surface area contributed by atoms with Crippen molar-refractivity contribution >= 4 is 11.8 Å². The Bertz CT molecular complexity index is 268. The molecule has 1 heterocycles. The minimum absolute atomic E-state index is 0.0593. The Morgan fingerprint density at radius 2 is 2.25 bits per heavy atom. The molecule has 1 rings (SSSR count). The first-order valence-electron chi connectivity index (χ1n) is 5.70. The van der Waals surface area contributed by atoms with Crippen LogP contribution in [0.25, 0.3) is 0 Å². The molecule has 1 atom stereocenters. The summed E-state index contributed by atoms with van der Waals surface area (Å²) < 4.78 is 0. The van der Waals surface area contributed by atoms with Gasteiger partial charge in [0.1, 0.15) is 0 Å². The lowest BCUT2D eigenvalue weighted by Gasteiger charge is -2.30. The first-order chi connectivity index (χ1) is 7.56. The van der Waals surface area contributed by atoms with Gasteiger partial charge >= 0.3 is 0 Å². The summed E-state index contributed by atoms with van der Waals surface area (Å²) in [7, 11) is 1.65. The molecule has 0 spiro atoms. The van der Waals surface area contributed by atoms with Crippen LogP contribution in [-0.2, 0) is 9.59 Å². The Labute approximate surface area is 96.0 Å². The van der Waals surface area contributed by atoms with E-state index in [4.69, 9.17) is 5.11 Å². The quantitative estimate of drug-likeness (QED) is 0.727. The van der Waals surface area contributed by atoms with Gasteiger partial charge in [-0.15, -0.1) is 0 Å². The van der Waals surface area contributed by atoms with E-state index < -0.39 is 0 Å². The molecule has 5 nitrogen and oxygen atoms in total. The van der Waals surface area contributed by atoms with Crippen LogP contribution in [0.4, 0.5) is 0 Å². The number of carbonyl (C=O) groups excluding carboxylic acids is 2. The number of likely N-dealkylation sites (tertiary alicyclic amines) is 1. The largest absolute Gasteiger partial charge is 0.394 e. The van der Waals surface area contributed by atoms with Crippen LogP contribution in [-0.4, -0.2) is 59.5 Å². The zero-order chi connectivity index (χ0) is 12.1. The first-order valence-corrected chi connectivity index (χ1v) is 5.70. The second kappa shape index (κ2) is 5.84. The Kier molecular flexibility index (Phi) is 4.73. The third-order valence-corrected chi connectivity index (χ3v) is 3.07. The van der Waals surface area contributed by atoms with Crippen LogP contribution in [0.3, 0.4) is 0 Å². The van der Waals surface area contributed by atoms with Gasteiger partial charge in [-0.05, 0) is 19.8 Å². The highest BCUT2D eigenvalue weighted by Crippen LogP contribution is 2.10. The highest BCUT2D eigenvalue weighted by atomic mass is 16.3. The minimum atomic E-state index is -0.201. The van der Waals surface area contributed by atoms with Crippen LogP contribution < -0.4 is 0 Å². The highest BCUT2D eigenvalue weighted by Gasteiger charge is 2.23. The molecule has 0 aromatic heterocycles. The van der Waals surface area contributed by atoms with Crippen molar-refractivity contribution in [2.24, 2.45) is 0 Å². The molecule has 0 aromatic rings. The number of rotatable bonds is 4. The van der Waals surface area contributed by atoms with Crippen LogP contribution in [0, 0.1) is 0 Å². The second-order valence-electron chi connectivity index (χ2n) is 4.31. The summed E-state index contributed by atoms with van der Waals surface area (Å²) in [5, 5.41) is 8.94. The van der Waals surface area contributed by atoms with Gasteiger partial charge in [0, 0.05) is 20.0 Å². The molecule has 0 aliphatic carbocycles. The van der Waals surface area contributed by atoms with Gasteiger partial charge in [-0.2, -0.15) is 0 Å². The molecule has 0 saturated carbocycles. The molecule has 0 aromatic carbocycles. The summed E-state index contributed by atoms with van der Waals surface area (Å²) in [5.74, 6) is -0.0542. The molecule has 1 saturated heterocycles.